The number of nitrogens with zero attached hydrogens (tertiary/aromatic N) is 4. The van der Waals surface area contributed by atoms with Gasteiger partial charge in [0.05, 0.1) is 6.20 Å². The molecule has 2 rings (SSSR count). The summed E-state index contributed by atoms with van der Waals surface area (Å²) in [5.74, 6) is -0.342. The fraction of sp³-hybridized carbons (Fsp3) is 0. The maximum absolute atomic E-state index is 11.9. The average Bonchev–Trinajstić information content (AvgIpc) is 2.70. The topological polar surface area (TPSA) is 97.6 Å². The molecule has 2 heterocycles. The van der Waals surface area contributed by atoms with Gasteiger partial charge in [0.25, 0.3) is 5.91 Å². The maximum Gasteiger partial charge on any atom is 0.280 e. The molecule has 2 aromatic heterocycles. The molecule has 0 unspecified atom stereocenters. The van der Waals surface area contributed by atoms with E-state index < -0.39 is 0 Å². The van der Waals surface area contributed by atoms with E-state index in [0.29, 0.717) is 5.56 Å². The second-order valence-corrected chi connectivity index (χ2v) is 3.01. The lowest BCUT2D eigenvalue weighted by atomic mass is 10.2. The highest BCUT2D eigenvalue weighted by Gasteiger charge is 2.14. The van der Waals surface area contributed by atoms with Gasteiger partial charge in [-0.1, -0.05) is 0 Å². The molecule has 0 saturated carbocycles. The Morgan fingerprint density at radius 1 is 1.44 bits per heavy atom. The Labute approximate surface area is 90.9 Å². The van der Waals surface area contributed by atoms with Crippen molar-refractivity contribution in [3.8, 4) is 6.07 Å². The van der Waals surface area contributed by atoms with E-state index in [-0.39, 0.29) is 17.3 Å². The highest BCUT2D eigenvalue weighted by Crippen LogP contribution is 2.11. The number of aromatic nitrogens is 3. The van der Waals surface area contributed by atoms with Crippen LogP contribution < -0.4 is 5.73 Å². The van der Waals surface area contributed by atoms with Crippen LogP contribution in [0.4, 0.5) is 5.82 Å². The summed E-state index contributed by atoms with van der Waals surface area (Å²) in [5, 5.41) is 12.4. The zero-order chi connectivity index (χ0) is 11.5. The third-order valence-corrected chi connectivity index (χ3v) is 2.05. The first kappa shape index (κ1) is 9.86. The SMILES string of the molecule is N#Cc1cnn(C(=O)c2ccncc2)c1N. The van der Waals surface area contributed by atoms with Crippen molar-refractivity contribution >= 4 is 11.7 Å². The third-order valence-electron chi connectivity index (χ3n) is 2.05. The van der Waals surface area contributed by atoms with Gasteiger partial charge in [-0.05, 0) is 12.1 Å². The van der Waals surface area contributed by atoms with Gasteiger partial charge >= 0.3 is 0 Å². The van der Waals surface area contributed by atoms with Crippen molar-refractivity contribution in [3.63, 3.8) is 0 Å². The molecule has 0 bridgehead atoms. The molecule has 16 heavy (non-hydrogen) atoms. The standard InChI is InChI=1S/C10H7N5O/c11-5-8-6-14-15(9(8)12)10(16)7-1-3-13-4-2-7/h1-4,6H,12H2. The van der Waals surface area contributed by atoms with Crippen molar-refractivity contribution in [2.75, 3.05) is 5.73 Å². The van der Waals surface area contributed by atoms with E-state index in [2.05, 4.69) is 10.1 Å². The third kappa shape index (κ3) is 1.50. The molecular weight excluding hydrogens is 206 g/mol. The summed E-state index contributed by atoms with van der Waals surface area (Å²) in [5.41, 5.74) is 6.19. The molecule has 2 N–H and O–H groups in total. The Bertz CT molecular complexity index is 567. The molecule has 0 atom stereocenters. The van der Waals surface area contributed by atoms with Crippen LogP contribution in [0.5, 0.6) is 0 Å². The summed E-state index contributed by atoms with van der Waals surface area (Å²) in [6.45, 7) is 0. The van der Waals surface area contributed by atoms with E-state index >= 15 is 0 Å². The molecule has 0 aromatic carbocycles. The molecule has 0 radical (unpaired) electrons. The molecule has 0 spiro atoms. The van der Waals surface area contributed by atoms with Gasteiger partial charge in [-0.25, -0.2) is 0 Å². The van der Waals surface area contributed by atoms with Gasteiger partial charge in [0, 0.05) is 18.0 Å². The molecule has 0 aliphatic heterocycles. The maximum atomic E-state index is 11.9. The van der Waals surface area contributed by atoms with E-state index in [9.17, 15) is 4.79 Å². The van der Waals surface area contributed by atoms with Gasteiger partial charge < -0.3 is 5.73 Å². The van der Waals surface area contributed by atoms with Crippen LogP contribution >= 0.6 is 0 Å². The molecule has 0 aliphatic rings. The predicted octanol–water partition coefficient (Wildman–Crippen LogP) is 0.420. The Morgan fingerprint density at radius 3 is 2.69 bits per heavy atom. The number of nitrogen functional groups attached to an aromatic ring is 1. The summed E-state index contributed by atoms with van der Waals surface area (Å²) >= 11 is 0. The summed E-state index contributed by atoms with van der Waals surface area (Å²) in [4.78, 5) is 15.7. The smallest absolute Gasteiger partial charge is 0.280 e. The number of carbonyl (C=O) groups is 1. The number of carbonyl (C=O) groups excluding carboxylic acids is 1. The van der Waals surface area contributed by atoms with E-state index in [1.807, 2.05) is 6.07 Å². The van der Waals surface area contributed by atoms with E-state index in [0.717, 1.165) is 4.68 Å². The molecule has 0 aliphatic carbocycles. The lowest BCUT2D eigenvalue weighted by Crippen LogP contribution is -2.16. The number of hydrogen-bond acceptors (Lipinski definition) is 5. The summed E-state index contributed by atoms with van der Waals surface area (Å²) in [6, 6.07) is 4.95. The van der Waals surface area contributed by atoms with E-state index in [4.69, 9.17) is 11.0 Å². The zero-order valence-corrected chi connectivity index (χ0v) is 8.16. The normalized spacial score (nSPS) is 9.69. The zero-order valence-electron chi connectivity index (χ0n) is 8.16. The van der Waals surface area contributed by atoms with Gasteiger partial charge in [-0.15, -0.1) is 0 Å². The first-order chi connectivity index (χ1) is 7.74. The highest BCUT2D eigenvalue weighted by atomic mass is 16.2. The minimum absolute atomic E-state index is 0.0457. The minimum atomic E-state index is -0.388. The Kier molecular flexibility index (Phi) is 2.36. The number of anilines is 1. The van der Waals surface area contributed by atoms with Crippen LogP contribution in [0.25, 0.3) is 0 Å². The quantitative estimate of drug-likeness (QED) is 0.740. The molecule has 2 aromatic rings. The van der Waals surface area contributed by atoms with Crippen LogP contribution in [-0.2, 0) is 0 Å². The van der Waals surface area contributed by atoms with Crippen molar-refractivity contribution < 1.29 is 4.79 Å². The number of nitrogens with two attached hydrogens (primary N) is 1. The molecule has 6 nitrogen and oxygen atoms in total. The van der Waals surface area contributed by atoms with Gasteiger partial charge in [-0.2, -0.15) is 15.0 Å². The van der Waals surface area contributed by atoms with Crippen molar-refractivity contribution in [1.82, 2.24) is 14.8 Å². The lowest BCUT2D eigenvalue weighted by Gasteiger charge is -2.01. The number of nitriles is 1. The first-order valence-electron chi connectivity index (χ1n) is 4.42. The molecule has 6 heteroatoms. The van der Waals surface area contributed by atoms with Crippen LogP contribution in [-0.4, -0.2) is 20.7 Å². The number of pyridine rings is 1. The fourth-order valence-corrected chi connectivity index (χ4v) is 1.22. The molecular formula is C10H7N5O. The minimum Gasteiger partial charge on any atom is -0.382 e. The average molecular weight is 213 g/mol. The highest BCUT2D eigenvalue weighted by molar-refractivity contribution is 5.97. The van der Waals surface area contributed by atoms with Crippen LogP contribution in [0, 0.1) is 11.3 Å². The van der Waals surface area contributed by atoms with Crippen LogP contribution in [0.15, 0.2) is 30.7 Å². The molecule has 0 amide bonds. The number of rotatable bonds is 1. The summed E-state index contributed by atoms with van der Waals surface area (Å²) in [7, 11) is 0. The summed E-state index contributed by atoms with van der Waals surface area (Å²) in [6.07, 6.45) is 4.25. The second-order valence-electron chi connectivity index (χ2n) is 3.01. The van der Waals surface area contributed by atoms with Crippen molar-refractivity contribution in [2.45, 2.75) is 0 Å². The van der Waals surface area contributed by atoms with Crippen molar-refractivity contribution in [2.24, 2.45) is 0 Å². The Hall–Kier alpha value is -2.68. The van der Waals surface area contributed by atoms with Crippen LogP contribution in [0.2, 0.25) is 0 Å². The summed E-state index contributed by atoms with van der Waals surface area (Å²) < 4.78 is 0.994. The van der Waals surface area contributed by atoms with Crippen LogP contribution in [0.3, 0.4) is 0 Å². The molecule has 78 valence electrons. The Balaban J connectivity index is 2.43. The van der Waals surface area contributed by atoms with Gasteiger partial charge in [0.15, 0.2) is 0 Å². The van der Waals surface area contributed by atoms with E-state index in [1.54, 1.807) is 12.1 Å². The van der Waals surface area contributed by atoms with E-state index in [1.165, 1.54) is 18.6 Å². The fourth-order valence-electron chi connectivity index (χ4n) is 1.22. The number of hydrogen-bond donors (Lipinski definition) is 1. The Morgan fingerprint density at radius 2 is 2.12 bits per heavy atom. The van der Waals surface area contributed by atoms with Gasteiger partial charge in [-0.3, -0.25) is 9.78 Å². The lowest BCUT2D eigenvalue weighted by molar-refractivity contribution is 0.0948. The molecule has 0 saturated heterocycles. The molecule has 0 fully saturated rings. The van der Waals surface area contributed by atoms with Gasteiger partial charge in [0.2, 0.25) is 0 Å². The van der Waals surface area contributed by atoms with Crippen LogP contribution in [0.1, 0.15) is 15.9 Å². The largest absolute Gasteiger partial charge is 0.382 e. The van der Waals surface area contributed by atoms with Crippen molar-refractivity contribution in [3.05, 3.63) is 41.9 Å². The monoisotopic (exact) mass is 213 g/mol. The van der Waals surface area contributed by atoms with Crippen molar-refractivity contribution in [1.29, 1.82) is 5.26 Å². The van der Waals surface area contributed by atoms with Gasteiger partial charge in [0.1, 0.15) is 17.5 Å². The first-order valence-corrected chi connectivity index (χ1v) is 4.42. The predicted molar refractivity (Wildman–Crippen MR) is 55.3 cm³/mol. The second kappa shape index (κ2) is 3.82.